The molecule has 1 aromatic heterocycles. The lowest BCUT2D eigenvalue weighted by Gasteiger charge is -2.11. The number of aliphatic carboxylic acids is 2. The van der Waals surface area contributed by atoms with Gasteiger partial charge in [-0.25, -0.2) is 14.6 Å². The van der Waals surface area contributed by atoms with Crippen molar-refractivity contribution >= 4 is 52.4 Å². The molecule has 1 aliphatic rings. The Hall–Kier alpha value is -4.27. The number of aromatic nitrogens is 2. The summed E-state index contributed by atoms with van der Waals surface area (Å²) < 4.78 is 63.5. The average molecular weight is 566 g/mol. The second-order valence-corrected chi connectivity index (χ2v) is 7.82. The summed E-state index contributed by atoms with van der Waals surface area (Å²) in [4.78, 5) is 26.5. The van der Waals surface area contributed by atoms with Crippen molar-refractivity contribution in [3.8, 4) is 0 Å². The van der Waals surface area contributed by atoms with Crippen molar-refractivity contribution in [3.63, 3.8) is 0 Å². The number of carbonyl (C=O) groups is 2. The molecule has 0 radical (unpaired) electrons. The summed E-state index contributed by atoms with van der Waals surface area (Å²) in [5.74, 6) is -4.48. The fourth-order valence-electron chi connectivity index (χ4n) is 2.81. The highest BCUT2D eigenvalue weighted by Gasteiger charge is 2.38. The van der Waals surface area contributed by atoms with Crippen LogP contribution in [-0.4, -0.2) is 44.5 Å². The van der Waals surface area contributed by atoms with Gasteiger partial charge in [-0.05, 0) is 54.3 Å². The smallest absolute Gasteiger partial charge is 0.475 e. The van der Waals surface area contributed by atoms with Gasteiger partial charge in [-0.1, -0.05) is 23.7 Å². The maximum atomic E-state index is 10.6. The summed E-state index contributed by atoms with van der Waals surface area (Å²) in [6, 6.07) is 14.2. The predicted molar refractivity (Wildman–Crippen MR) is 126 cm³/mol. The number of benzene rings is 2. The van der Waals surface area contributed by atoms with E-state index >= 15 is 0 Å². The Kier molecular flexibility index (Phi) is 9.71. The van der Waals surface area contributed by atoms with E-state index < -0.39 is 24.3 Å². The third kappa shape index (κ3) is 9.65. The van der Waals surface area contributed by atoms with Crippen LogP contribution in [0, 0.1) is 0 Å². The molecule has 0 unspecified atom stereocenters. The molecular formula is C22H18ClF6N5O4. The number of anilines is 5. The summed E-state index contributed by atoms with van der Waals surface area (Å²) in [5, 5.41) is 21.2. The topological polar surface area (TPSA) is 150 Å². The fraction of sp³-hybridized carbons (Fsp3) is 0.182. The van der Waals surface area contributed by atoms with E-state index in [9.17, 15) is 26.3 Å². The minimum Gasteiger partial charge on any atom is -0.475 e. The van der Waals surface area contributed by atoms with Crippen LogP contribution in [0.15, 0.2) is 48.7 Å². The van der Waals surface area contributed by atoms with Crippen LogP contribution in [0.2, 0.25) is 5.02 Å². The quantitative estimate of drug-likeness (QED) is 0.174. The summed E-state index contributed by atoms with van der Waals surface area (Å²) in [6.07, 6.45) is -6.76. The second kappa shape index (κ2) is 12.3. The fourth-order valence-corrected chi connectivity index (χ4v) is 2.95. The molecule has 0 saturated carbocycles. The van der Waals surface area contributed by atoms with Gasteiger partial charge >= 0.3 is 24.3 Å². The number of fused-ring (bicyclic) bond motifs is 6. The van der Waals surface area contributed by atoms with Crippen LogP contribution < -0.4 is 16.4 Å². The third-order valence-corrected chi connectivity index (χ3v) is 4.67. The van der Waals surface area contributed by atoms with E-state index in [1.165, 1.54) is 11.1 Å². The molecule has 0 fully saturated rings. The van der Waals surface area contributed by atoms with Crippen molar-refractivity contribution in [2.24, 2.45) is 0 Å². The Balaban J connectivity index is 0.000000301. The lowest BCUT2D eigenvalue weighted by Crippen LogP contribution is -2.21. The molecule has 204 valence electrons. The molecule has 6 N–H and O–H groups in total. The first-order chi connectivity index (χ1) is 17.5. The lowest BCUT2D eigenvalue weighted by molar-refractivity contribution is -0.193. The van der Waals surface area contributed by atoms with Gasteiger partial charge in [0.1, 0.15) is 5.02 Å². The lowest BCUT2D eigenvalue weighted by atomic mass is 10.0. The Morgan fingerprint density at radius 2 is 1.42 bits per heavy atom. The molecule has 2 heterocycles. The Bertz CT molecular complexity index is 1280. The van der Waals surface area contributed by atoms with Gasteiger partial charge in [0.25, 0.3) is 0 Å². The molecule has 9 nitrogen and oxygen atoms in total. The van der Waals surface area contributed by atoms with Gasteiger partial charge in [0, 0.05) is 17.1 Å². The molecule has 0 spiro atoms. The molecule has 0 amide bonds. The van der Waals surface area contributed by atoms with Crippen molar-refractivity contribution in [1.82, 2.24) is 9.97 Å². The van der Waals surface area contributed by atoms with E-state index in [-0.39, 0.29) is 0 Å². The van der Waals surface area contributed by atoms with Gasteiger partial charge in [0.05, 0.1) is 6.20 Å². The number of hydrogen-bond donors (Lipinski definition) is 5. The first kappa shape index (κ1) is 30.0. The van der Waals surface area contributed by atoms with Crippen LogP contribution in [0.25, 0.3) is 0 Å². The molecule has 1 aliphatic heterocycles. The zero-order chi connectivity index (χ0) is 28.7. The number of nitrogens with one attached hydrogen (secondary N) is 2. The van der Waals surface area contributed by atoms with Crippen molar-refractivity contribution in [2.45, 2.75) is 25.2 Å². The summed E-state index contributed by atoms with van der Waals surface area (Å²) in [5.41, 5.74) is 11.0. The molecule has 38 heavy (non-hydrogen) atoms. The second-order valence-electron chi connectivity index (χ2n) is 7.41. The van der Waals surface area contributed by atoms with Crippen LogP contribution in [0.3, 0.4) is 0 Å². The number of nitrogens with two attached hydrogens (primary N) is 1. The number of hydrogen-bond acceptors (Lipinski definition) is 7. The molecule has 0 aliphatic carbocycles. The number of carboxylic acid groups (broad SMARTS) is 2. The molecule has 4 rings (SSSR count). The van der Waals surface area contributed by atoms with Crippen molar-refractivity contribution in [1.29, 1.82) is 0 Å². The molecular weight excluding hydrogens is 548 g/mol. The Labute approximate surface area is 215 Å². The van der Waals surface area contributed by atoms with Crippen LogP contribution in [0.4, 0.5) is 55.2 Å². The van der Waals surface area contributed by atoms with E-state index in [4.69, 9.17) is 37.1 Å². The van der Waals surface area contributed by atoms with Crippen LogP contribution in [0.5, 0.6) is 0 Å². The maximum absolute atomic E-state index is 10.6. The van der Waals surface area contributed by atoms with Gasteiger partial charge in [-0.3, -0.25) is 0 Å². The monoisotopic (exact) mass is 565 g/mol. The van der Waals surface area contributed by atoms with Crippen LogP contribution in [0.1, 0.15) is 11.1 Å². The average Bonchev–Trinajstić information content (AvgIpc) is 2.79. The summed E-state index contributed by atoms with van der Waals surface area (Å²) in [6.45, 7) is 0. The van der Waals surface area contributed by atoms with Crippen molar-refractivity contribution in [2.75, 3.05) is 16.4 Å². The zero-order valence-electron chi connectivity index (χ0n) is 18.9. The number of alkyl halides is 6. The highest BCUT2D eigenvalue weighted by Crippen LogP contribution is 2.28. The zero-order valence-corrected chi connectivity index (χ0v) is 19.6. The van der Waals surface area contributed by atoms with Crippen molar-refractivity contribution in [3.05, 3.63) is 64.8 Å². The van der Waals surface area contributed by atoms with E-state index in [1.807, 2.05) is 24.3 Å². The normalized spacial score (nSPS) is 12.3. The van der Waals surface area contributed by atoms with E-state index in [0.29, 0.717) is 22.5 Å². The van der Waals surface area contributed by atoms with Gasteiger partial charge < -0.3 is 26.6 Å². The number of halogens is 7. The van der Waals surface area contributed by atoms with E-state index in [1.54, 1.807) is 6.20 Å². The first-order valence-electron chi connectivity index (χ1n) is 10.2. The summed E-state index contributed by atoms with van der Waals surface area (Å²) >= 11 is 6.23. The number of rotatable bonds is 0. The molecule has 2 aromatic carbocycles. The highest BCUT2D eigenvalue weighted by atomic mass is 35.5. The first-order valence-corrected chi connectivity index (χ1v) is 10.6. The minimum atomic E-state index is -5.08. The largest absolute Gasteiger partial charge is 0.490 e. The minimum absolute atomic E-state index is 0.452. The van der Waals surface area contributed by atoms with Gasteiger partial charge in [-0.2, -0.15) is 31.3 Å². The number of carboxylic acids is 2. The van der Waals surface area contributed by atoms with E-state index in [0.717, 1.165) is 24.2 Å². The highest BCUT2D eigenvalue weighted by molar-refractivity contribution is 6.32. The predicted octanol–water partition coefficient (Wildman–Crippen LogP) is 5.56. The number of nitrogens with zero attached hydrogens (tertiary/aromatic N) is 2. The molecule has 3 aromatic rings. The van der Waals surface area contributed by atoms with Gasteiger partial charge in [-0.15, -0.1) is 0 Å². The van der Waals surface area contributed by atoms with Crippen LogP contribution in [-0.2, 0) is 22.4 Å². The Morgan fingerprint density at radius 3 is 2.00 bits per heavy atom. The maximum Gasteiger partial charge on any atom is 0.490 e. The molecule has 0 saturated heterocycles. The SMILES string of the molecule is Nc1cc2cc(c1)Nc1nc(ncc1Cl)Nc1cccc(c1)CC2.O=C(O)C(F)(F)F.O=C(O)C(F)(F)F. The molecule has 16 heteroatoms. The third-order valence-electron chi connectivity index (χ3n) is 4.39. The van der Waals surface area contributed by atoms with Gasteiger partial charge in [0.15, 0.2) is 5.82 Å². The van der Waals surface area contributed by atoms with E-state index in [2.05, 4.69) is 38.8 Å². The van der Waals surface area contributed by atoms with Crippen molar-refractivity contribution < 1.29 is 46.1 Å². The standard InChI is InChI=1S/C18H16ClN5.2C2HF3O2/c19-16-10-21-18-23-14-3-1-2-11(7-14)4-5-12-6-13(20)9-15(8-12)22-17(16)24-18;2*3-2(4,5)1(6)7/h1-3,6-10H,4-5,20H2,(H2,21,22,23,24);2*(H,6,7). The number of aryl methyl sites for hydroxylation is 2. The van der Waals surface area contributed by atoms with Gasteiger partial charge in [0.2, 0.25) is 5.95 Å². The Morgan fingerprint density at radius 1 is 0.868 bits per heavy atom. The summed E-state index contributed by atoms with van der Waals surface area (Å²) in [7, 11) is 0. The molecule has 6 bridgehead atoms. The van der Waals surface area contributed by atoms with Crippen LogP contribution >= 0.6 is 11.6 Å². The number of nitrogen functional groups attached to an aromatic ring is 1. The molecule has 0 atom stereocenters.